The van der Waals surface area contributed by atoms with Gasteiger partial charge in [0.25, 0.3) is 0 Å². The Kier molecular flexibility index (Phi) is 3.76. The maximum atomic E-state index is 12.4. The van der Waals surface area contributed by atoms with E-state index in [0.717, 1.165) is 32.1 Å². The van der Waals surface area contributed by atoms with Gasteiger partial charge in [-0.1, -0.05) is 6.42 Å². The molecule has 17 heavy (non-hydrogen) atoms. The Morgan fingerprint density at radius 3 is 2.41 bits per heavy atom. The third-order valence-electron chi connectivity index (χ3n) is 3.58. The van der Waals surface area contributed by atoms with E-state index in [1.165, 1.54) is 4.90 Å². The highest BCUT2D eigenvalue weighted by molar-refractivity contribution is 5.81. The number of ketones is 1. The van der Waals surface area contributed by atoms with Crippen molar-refractivity contribution in [1.82, 2.24) is 4.90 Å². The van der Waals surface area contributed by atoms with Crippen molar-refractivity contribution in [3.63, 3.8) is 0 Å². The number of Topliss-reactive ketones (excluding diaryl/α,β-unsaturated/α-hetero) is 1. The molecule has 0 heterocycles. The smallest absolute Gasteiger partial charge is 0.299 e. The molecule has 0 spiro atoms. The van der Waals surface area contributed by atoms with Gasteiger partial charge in [-0.15, -0.1) is 0 Å². The highest BCUT2D eigenvalue weighted by Gasteiger charge is 2.39. The first-order valence-electron chi connectivity index (χ1n) is 6.29. The molecule has 2 nitrogen and oxygen atoms in total. The minimum atomic E-state index is -4.15. The van der Waals surface area contributed by atoms with Gasteiger partial charge in [0.05, 0.1) is 6.54 Å². The highest BCUT2D eigenvalue weighted by Crippen LogP contribution is 2.32. The topological polar surface area (TPSA) is 20.3 Å². The lowest BCUT2D eigenvalue weighted by atomic mass is 9.87. The Labute approximate surface area is 99.2 Å². The van der Waals surface area contributed by atoms with Gasteiger partial charge in [-0.2, -0.15) is 13.2 Å². The molecule has 1 atom stereocenters. The van der Waals surface area contributed by atoms with Crippen LogP contribution in [-0.2, 0) is 4.79 Å². The summed E-state index contributed by atoms with van der Waals surface area (Å²) in [4.78, 5) is 13.1. The van der Waals surface area contributed by atoms with E-state index in [9.17, 15) is 18.0 Å². The molecule has 0 bridgehead atoms. The maximum absolute atomic E-state index is 12.4. The SMILES string of the molecule is O=C1CCCCC1CN(CC(F)(F)F)C1CC1. The van der Waals surface area contributed by atoms with E-state index in [4.69, 9.17) is 0 Å². The van der Waals surface area contributed by atoms with Crippen molar-refractivity contribution in [2.24, 2.45) is 5.92 Å². The summed E-state index contributed by atoms with van der Waals surface area (Å²) in [6, 6.07) is 0.0614. The van der Waals surface area contributed by atoms with Gasteiger partial charge in [0, 0.05) is 24.9 Å². The van der Waals surface area contributed by atoms with E-state index in [-0.39, 0.29) is 17.7 Å². The number of hydrogen-bond acceptors (Lipinski definition) is 2. The van der Waals surface area contributed by atoms with Gasteiger partial charge < -0.3 is 0 Å². The zero-order valence-corrected chi connectivity index (χ0v) is 9.80. The second-order valence-corrected chi connectivity index (χ2v) is 5.18. The molecule has 0 aromatic heterocycles. The van der Waals surface area contributed by atoms with Crippen LogP contribution in [0, 0.1) is 5.92 Å². The third kappa shape index (κ3) is 3.98. The van der Waals surface area contributed by atoms with Gasteiger partial charge in [-0.25, -0.2) is 0 Å². The van der Waals surface area contributed by atoms with Crippen molar-refractivity contribution in [2.45, 2.75) is 50.7 Å². The van der Waals surface area contributed by atoms with Gasteiger partial charge >= 0.3 is 6.18 Å². The lowest BCUT2D eigenvalue weighted by Gasteiger charge is -2.29. The maximum Gasteiger partial charge on any atom is 0.401 e. The average molecular weight is 249 g/mol. The summed E-state index contributed by atoms with van der Waals surface area (Å²) in [5.74, 6) is -0.00391. The lowest BCUT2D eigenvalue weighted by Crippen LogP contribution is -2.41. The molecule has 2 aliphatic carbocycles. The summed E-state index contributed by atoms with van der Waals surface area (Å²) in [5, 5.41) is 0. The lowest BCUT2D eigenvalue weighted by molar-refractivity contribution is -0.150. The molecular weight excluding hydrogens is 231 g/mol. The molecule has 0 saturated heterocycles. The number of alkyl halides is 3. The summed E-state index contributed by atoms with van der Waals surface area (Å²) in [7, 11) is 0. The van der Waals surface area contributed by atoms with E-state index < -0.39 is 12.7 Å². The first kappa shape index (κ1) is 12.9. The van der Waals surface area contributed by atoms with Crippen molar-refractivity contribution in [3.05, 3.63) is 0 Å². The molecule has 0 amide bonds. The summed E-state index contributed by atoms with van der Waals surface area (Å²) >= 11 is 0. The molecule has 0 aromatic carbocycles. The first-order valence-corrected chi connectivity index (χ1v) is 6.29. The fourth-order valence-electron chi connectivity index (χ4n) is 2.54. The standard InChI is InChI=1S/C12H18F3NO/c13-12(14,15)8-16(10-5-6-10)7-9-3-1-2-4-11(9)17/h9-10H,1-8H2. The Morgan fingerprint density at radius 1 is 1.18 bits per heavy atom. The van der Waals surface area contributed by atoms with E-state index >= 15 is 0 Å². The third-order valence-corrected chi connectivity index (χ3v) is 3.58. The van der Waals surface area contributed by atoms with Crippen LogP contribution >= 0.6 is 0 Å². The average Bonchev–Trinajstić information content (AvgIpc) is 3.01. The van der Waals surface area contributed by atoms with E-state index in [1.807, 2.05) is 0 Å². The molecule has 2 saturated carbocycles. The molecule has 2 aliphatic rings. The number of carbonyl (C=O) groups excluding carboxylic acids is 1. The van der Waals surface area contributed by atoms with Crippen LogP contribution in [0.5, 0.6) is 0 Å². The van der Waals surface area contributed by atoms with Gasteiger partial charge in [0.15, 0.2) is 0 Å². The molecule has 2 fully saturated rings. The molecule has 98 valence electrons. The van der Waals surface area contributed by atoms with E-state index in [0.29, 0.717) is 13.0 Å². The van der Waals surface area contributed by atoms with Gasteiger partial charge in [-0.3, -0.25) is 9.69 Å². The first-order chi connectivity index (χ1) is 7.96. The van der Waals surface area contributed by atoms with Crippen LogP contribution in [0.2, 0.25) is 0 Å². The fourth-order valence-corrected chi connectivity index (χ4v) is 2.54. The van der Waals surface area contributed by atoms with Crippen LogP contribution in [0.4, 0.5) is 13.2 Å². The minimum absolute atomic E-state index is 0.0614. The summed E-state index contributed by atoms with van der Waals surface area (Å²) < 4.78 is 37.3. The number of rotatable bonds is 4. The number of carbonyl (C=O) groups is 1. The van der Waals surface area contributed by atoms with Crippen LogP contribution in [0.3, 0.4) is 0 Å². The predicted molar refractivity (Wildman–Crippen MR) is 57.6 cm³/mol. The van der Waals surface area contributed by atoms with Crippen LogP contribution in [0.25, 0.3) is 0 Å². The summed E-state index contributed by atoms with van der Waals surface area (Å²) in [6.45, 7) is -0.551. The minimum Gasteiger partial charge on any atom is -0.299 e. The summed E-state index contributed by atoms with van der Waals surface area (Å²) in [5.41, 5.74) is 0. The van der Waals surface area contributed by atoms with Gasteiger partial charge in [0.2, 0.25) is 0 Å². The van der Waals surface area contributed by atoms with Crippen molar-refractivity contribution < 1.29 is 18.0 Å². The zero-order valence-electron chi connectivity index (χ0n) is 9.80. The quantitative estimate of drug-likeness (QED) is 0.763. The fraction of sp³-hybridized carbons (Fsp3) is 0.917. The highest BCUT2D eigenvalue weighted by atomic mass is 19.4. The van der Waals surface area contributed by atoms with Gasteiger partial charge in [0.1, 0.15) is 5.78 Å². The molecule has 5 heteroatoms. The largest absolute Gasteiger partial charge is 0.401 e. The molecule has 0 aliphatic heterocycles. The monoisotopic (exact) mass is 249 g/mol. The van der Waals surface area contributed by atoms with Crippen LogP contribution in [-0.4, -0.2) is 36.0 Å². The van der Waals surface area contributed by atoms with Crippen LogP contribution in [0.15, 0.2) is 0 Å². The number of hydrogen-bond donors (Lipinski definition) is 0. The molecular formula is C12H18F3NO. The normalized spacial score (nSPS) is 26.6. The van der Waals surface area contributed by atoms with Gasteiger partial charge in [-0.05, 0) is 25.7 Å². The molecule has 0 N–H and O–H groups in total. The Hall–Kier alpha value is -0.580. The molecule has 0 radical (unpaired) electrons. The summed E-state index contributed by atoms with van der Waals surface area (Å²) in [6.07, 6.45) is 0.725. The second kappa shape index (κ2) is 4.96. The van der Waals surface area contributed by atoms with Crippen LogP contribution in [0.1, 0.15) is 38.5 Å². The molecule has 1 unspecified atom stereocenters. The molecule has 2 rings (SSSR count). The molecule has 0 aromatic rings. The van der Waals surface area contributed by atoms with Crippen molar-refractivity contribution >= 4 is 5.78 Å². The Bertz CT molecular complexity index is 286. The van der Waals surface area contributed by atoms with Crippen molar-refractivity contribution in [2.75, 3.05) is 13.1 Å². The van der Waals surface area contributed by atoms with Crippen molar-refractivity contribution in [3.8, 4) is 0 Å². The zero-order chi connectivity index (χ0) is 12.5. The predicted octanol–water partition coefficient (Wildman–Crippen LogP) is 2.77. The number of nitrogens with zero attached hydrogens (tertiary/aromatic N) is 1. The second-order valence-electron chi connectivity index (χ2n) is 5.18. The van der Waals surface area contributed by atoms with E-state index in [2.05, 4.69) is 0 Å². The Balaban J connectivity index is 1.90. The van der Waals surface area contributed by atoms with E-state index in [1.54, 1.807) is 0 Å². The van der Waals surface area contributed by atoms with Crippen molar-refractivity contribution in [1.29, 1.82) is 0 Å². The van der Waals surface area contributed by atoms with Crippen LogP contribution < -0.4 is 0 Å². The number of halogens is 3. The Morgan fingerprint density at radius 2 is 1.88 bits per heavy atom.